The Hall–Kier alpha value is -0.163. The number of rotatable bonds is 9. The molecule has 0 rings (SSSR count). The summed E-state index contributed by atoms with van der Waals surface area (Å²) in [6.07, 6.45) is 3.52. The van der Waals surface area contributed by atoms with E-state index in [1.165, 1.54) is 0 Å². The van der Waals surface area contributed by atoms with Crippen LogP contribution in [0.15, 0.2) is 12.7 Å². The van der Waals surface area contributed by atoms with Crippen LogP contribution in [-0.2, 0) is 9.16 Å². The minimum absolute atomic E-state index is 0.0553. The third-order valence-electron chi connectivity index (χ3n) is 4.02. The van der Waals surface area contributed by atoms with Crippen LogP contribution >= 0.6 is 0 Å². The second-order valence-corrected chi connectivity index (χ2v) is 11.5. The molecule has 2 atom stereocenters. The van der Waals surface area contributed by atoms with E-state index in [4.69, 9.17) is 9.16 Å². The molecule has 114 valence electrons. The summed E-state index contributed by atoms with van der Waals surface area (Å²) in [5.41, 5.74) is 0. The summed E-state index contributed by atoms with van der Waals surface area (Å²) in [7, 11) is 0.0182. The Morgan fingerprint density at radius 1 is 1.32 bits per heavy atom. The van der Waals surface area contributed by atoms with Gasteiger partial charge in [-0.05, 0) is 37.4 Å². The molecule has 0 amide bonds. The Morgan fingerprint density at radius 2 is 1.89 bits per heavy atom. The van der Waals surface area contributed by atoms with Crippen molar-refractivity contribution in [3.05, 3.63) is 12.7 Å². The first kappa shape index (κ1) is 18.8. The van der Waals surface area contributed by atoms with Gasteiger partial charge in [0, 0.05) is 13.7 Å². The van der Waals surface area contributed by atoms with Gasteiger partial charge in [0.1, 0.15) is 0 Å². The number of hydrogen-bond acceptors (Lipinski definition) is 3. The first-order chi connectivity index (χ1) is 8.64. The average molecular weight is 289 g/mol. The molecule has 0 unspecified atom stereocenters. The largest absolute Gasteiger partial charge is 0.417 e. The minimum Gasteiger partial charge on any atom is -0.417 e. The highest BCUT2D eigenvalue weighted by molar-refractivity contribution is 6.74. The maximum Gasteiger partial charge on any atom is 0.191 e. The predicted octanol–water partition coefficient (Wildman–Crippen LogP) is 3.74. The van der Waals surface area contributed by atoms with Crippen LogP contribution in [0.5, 0.6) is 0 Å². The molecule has 0 radical (unpaired) electrons. The van der Waals surface area contributed by atoms with Gasteiger partial charge in [0.15, 0.2) is 8.32 Å². The SMILES string of the molecule is C=CC[C@@H](O)C[C@@H](CCO[Si](C)(C)C(C)(C)C)OC. The number of ether oxygens (including phenoxy) is 1. The quantitative estimate of drug-likeness (QED) is 0.519. The summed E-state index contributed by atoms with van der Waals surface area (Å²) in [4.78, 5) is 0. The van der Waals surface area contributed by atoms with E-state index >= 15 is 0 Å². The van der Waals surface area contributed by atoms with Crippen molar-refractivity contribution < 1.29 is 14.3 Å². The van der Waals surface area contributed by atoms with E-state index in [0.29, 0.717) is 19.4 Å². The molecule has 0 aromatic heterocycles. The second kappa shape index (κ2) is 8.20. The second-order valence-electron chi connectivity index (χ2n) is 6.67. The van der Waals surface area contributed by atoms with E-state index in [9.17, 15) is 5.11 Å². The van der Waals surface area contributed by atoms with Crippen LogP contribution in [0.3, 0.4) is 0 Å². The molecule has 3 nitrogen and oxygen atoms in total. The summed E-state index contributed by atoms with van der Waals surface area (Å²) in [5, 5.41) is 9.99. The lowest BCUT2D eigenvalue weighted by Crippen LogP contribution is -2.41. The van der Waals surface area contributed by atoms with Crippen LogP contribution in [-0.4, -0.2) is 39.3 Å². The summed E-state index contributed by atoms with van der Waals surface area (Å²) in [6.45, 7) is 15.6. The molecular formula is C15H32O3Si. The van der Waals surface area contributed by atoms with Crippen molar-refractivity contribution in [3.63, 3.8) is 0 Å². The van der Waals surface area contributed by atoms with Crippen LogP contribution in [0, 0.1) is 0 Å². The van der Waals surface area contributed by atoms with Crippen molar-refractivity contribution in [2.45, 2.75) is 70.4 Å². The van der Waals surface area contributed by atoms with Gasteiger partial charge in [-0.3, -0.25) is 0 Å². The van der Waals surface area contributed by atoms with E-state index in [0.717, 1.165) is 6.42 Å². The Balaban J connectivity index is 4.12. The molecule has 1 N–H and O–H groups in total. The van der Waals surface area contributed by atoms with Crippen molar-refractivity contribution in [2.24, 2.45) is 0 Å². The van der Waals surface area contributed by atoms with Gasteiger partial charge in [-0.25, -0.2) is 0 Å². The molecule has 0 heterocycles. The van der Waals surface area contributed by atoms with E-state index in [1.807, 2.05) is 0 Å². The lowest BCUT2D eigenvalue weighted by molar-refractivity contribution is 0.0323. The molecule has 0 fully saturated rings. The van der Waals surface area contributed by atoms with Gasteiger partial charge in [0.2, 0.25) is 0 Å². The number of methoxy groups -OCH3 is 1. The predicted molar refractivity (Wildman–Crippen MR) is 84.0 cm³/mol. The zero-order valence-corrected chi connectivity index (χ0v) is 14.5. The fourth-order valence-corrected chi connectivity index (χ4v) is 2.65. The molecule has 0 aliphatic rings. The van der Waals surface area contributed by atoms with Gasteiger partial charge >= 0.3 is 0 Å². The van der Waals surface area contributed by atoms with Crippen molar-refractivity contribution >= 4 is 8.32 Å². The van der Waals surface area contributed by atoms with Crippen molar-refractivity contribution in [2.75, 3.05) is 13.7 Å². The smallest absolute Gasteiger partial charge is 0.191 e. The lowest BCUT2D eigenvalue weighted by atomic mass is 10.1. The lowest BCUT2D eigenvalue weighted by Gasteiger charge is -2.36. The molecule has 0 saturated carbocycles. The van der Waals surface area contributed by atoms with Gasteiger partial charge in [0.25, 0.3) is 0 Å². The van der Waals surface area contributed by atoms with Crippen LogP contribution in [0.2, 0.25) is 18.1 Å². The highest BCUT2D eigenvalue weighted by Gasteiger charge is 2.37. The number of aliphatic hydroxyl groups is 1. The highest BCUT2D eigenvalue weighted by atomic mass is 28.4. The molecule has 0 saturated heterocycles. The fraction of sp³-hybridized carbons (Fsp3) is 0.867. The first-order valence-corrected chi connectivity index (χ1v) is 10.0. The monoisotopic (exact) mass is 288 g/mol. The molecule has 0 spiro atoms. The van der Waals surface area contributed by atoms with Gasteiger partial charge in [0.05, 0.1) is 12.2 Å². The van der Waals surface area contributed by atoms with Crippen LogP contribution < -0.4 is 0 Å². The summed E-state index contributed by atoms with van der Waals surface area (Å²) >= 11 is 0. The standard InChI is InChI=1S/C15H32O3Si/c1-8-9-13(16)12-14(17-5)10-11-18-19(6,7)15(2,3)4/h8,13-14,16H,1,9-12H2,2-7H3/t13-,14-/m1/s1. The number of aliphatic hydroxyl groups excluding tert-OH is 1. The first-order valence-electron chi connectivity index (χ1n) is 7.09. The summed E-state index contributed by atoms with van der Waals surface area (Å²) in [6, 6.07) is 0. The summed E-state index contributed by atoms with van der Waals surface area (Å²) < 4.78 is 11.5. The van der Waals surface area contributed by atoms with Gasteiger partial charge in [-0.2, -0.15) is 0 Å². The third kappa shape index (κ3) is 7.25. The molecule has 0 bridgehead atoms. The van der Waals surface area contributed by atoms with Gasteiger partial charge < -0.3 is 14.3 Å². The normalized spacial score (nSPS) is 16.2. The van der Waals surface area contributed by atoms with E-state index in [-0.39, 0.29) is 17.2 Å². The number of hydrogen-bond donors (Lipinski definition) is 1. The Morgan fingerprint density at radius 3 is 2.32 bits per heavy atom. The van der Waals surface area contributed by atoms with Crippen LogP contribution in [0.1, 0.15) is 40.0 Å². The zero-order valence-electron chi connectivity index (χ0n) is 13.5. The Bertz CT molecular complexity index is 259. The molecule has 0 aliphatic carbocycles. The van der Waals surface area contributed by atoms with Crippen molar-refractivity contribution in [1.29, 1.82) is 0 Å². The van der Waals surface area contributed by atoms with Crippen molar-refractivity contribution in [1.82, 2.24) is 0 Å². The maximum atomic E-state index is 9.76. The Labute approximate surface area is 120 Å². The van der Waals surface area contributed by atoms with Crippen LogP contribution in [0.4, 0.5) is 0 Å². The molecule has 0 aromatic carbocycles. The molecule has 4 heteroatoms. The topological polar surface area (TPSA) is 38.7 Å². The van der Waals surface area contributed by atoms with Gasteiger partial charge in [-0.15, -0.1) is 6.58 Å². The van der Waals surface area contributed by atoms with E-state index in [1.54, 1.807) is 13.2 Å². The molecular weight excluding hydrogens is 256 g/mol. The van der Waals surface area contributed by atoms with E-state index < -0.39 is 8.32 Å². The minimum atomic E-state index is -1.67. The van der Waals surface area contributed by atoms with Crippen molar-refractivity contribution in [3.8, 4) is 0 Å². The Kier molecular flexibility index (Phi) is 8.13. The zero-order chi connectivity index (χ0) is 15.1. The molecule has 0 aromatic rings. The molecule has 0 aliphatic heterocycles. The highest BCUT2D eigenvalue weighted by Crippen LogP contribution is 2.36. The third-order valence-corrected chi connectivity index (χ3v) is 8.55. The van der Waals surface area contributed by atoms with Crippen LogP contribution in [0.25, 0.3) is 0 Å². The average Bonchev–Trinajstić information content (AvgIpc) is 2.26. The molecule has 19 heavy (non-hydrogen) atoms. The van der Waals surface area contributed by atoms with Gasteiger partial charge in [-0.1, -0.05) is 26.8 Å². The van der Waals surface area contributed by atoms with E-state index in [2.05, 4.69) is 40.4 Å². The maximum absolute atomic E-state index is 9.76. The summed E-state index contributed by atoms with van der Waals surface area (Å²) in [5.74, 6) is 0. The fourth-order valence-electron chi connectivity index (χ4n) is 1.59.